The minimum Gasteiger partial charge on any atom is -0.494 e. The maximum Gasteiger partial charge on any atom is 0.212 e. The van der Waals surface area contributed by atoms with Crippen LogP contribution in [0, 0.1) is 6.92 Å². The fraction of sp³-hybridized carbons (Fsp3) is 0.133. The van der Waals surface area contributed by atoms with E-state index in [1.165, 1.54) is 17.5 Å². The number of hydrogen-bond acceptors (Lipinski definition) is 5. The fourth-order valence-electron chi connectivity index (χ4n) is 1.98. The molecule has 0 saturated carbocycles. The van der Waals surface area contributed by atoms with E-state index < -0.39 is 0 Å². The van der Waals surface area contributed by atoms with Crippen LogP contribution in [-0.4, -0.2) is 13.1 Å². The SMILES string of the molecule is COc1cc(Cl)cc2c1NC(Nc1ccc(C)cc1)=NS2. The van der Waals surface area contributed by atoms with E-state index in [2.05, 4.69) is 22.0 Å². The highest BCUT2D eigenvalue weighted by Crippen LogP contribution is 2.41. The Kier molecular flexibility index (Phi) is 3.94. The summed E-state index contributed by atoms with van der Waals surface area (Å²) in [6.07, 6.45) is 0. The summed E-state index contributed by atoms with van der Waals surface area (Å²) in [7, 11) is 1.62. The van der Waals surface area contributed by atoms with Gasteiger partial charge in [0.1, 0.15) is 5.75 Å². The predicted molar refractivity (Wildman–Crippen MR) is 89.7 cm³/mol. The van der Waals surface area contributed by atoms with E-state index in [1.807, 2.05) is 30.3 Å². The first-order valence-corrected chi connectivity index (χ1v) is 7.54. The van der Waals surface area contributed by atoms with E-state index >= 15 is 0 Å². The molecule has 6 heteroatoms. The number of hydrogen-bond donors (Lipinski definition) is 2. The van der Waals surface area contributed by atoms with E-state index in [9.17, 15) is 0 Å². The Morgan fingerprint density at radius 2 is 2.00 bits per heavy atom. The van der Waals surface area contributed by atoms with Crippen LogP contribution in [0.5, 0.6) is 5.75 Å². The van der Waals surface area contributed by atoms with Crippen LogP contribution in [0.15, 0.2) is 45.7 Å². The lowest BCUT2D eigenvalue weighted by molar-refractivity contribution is 0.416. The van der Waals surface area contributed by atoms with Crippen molar-refractivity contribution < 1.29 is 4.74 Å². The second-order valence-corrected chi connectivity index (χ2v) is 5.87. The minimum absolute atomic E-state index is 0.630. The van der Waals surface area contributed by atoms with E-state index in [0.717, 1.165) is 16.3 Å². The summed E-state index contributed by atoms with van der Waals surface area (Å²) in [5.74, 6) is 1.36. The van der Waals surface area contributed by atoms with Crippen molar-refractivity contribution in [2.75, 3.05) is 17.7 Å². The molecule has 1 aliphatic heterocycles. The van der Waals surface area contributed by atoms with Crippen LogP contribution in [0.2, 0.25) is 5.02 Å². The average molecular weight is 320 g/mol. The lowest BCUT2D eigenvalue weighted by Crippen LogP contribution is -2.24. The van der Waals surface area contributed by atoms with Gasteiger partial charge < -0.3 is 15.4 Å². The van der Waals surface area contributed by atoms with Crippen LogP contribution >= 0.6 is 23.5 Å². The maximum atomic E-state index is 6.06. The molecule has 0 saturated heterocycles. The Labute approximate surface area is 132 Å². The second kappa shape index (κ2) is 5.87. The van der Waals surface area contributed by atoms with Gasteiger partial charge in [-0.2, -0.15) is 4.40 Å². The van der Waals surface area contributed by atoms with Crippen molar-refractivity contribution in [3.63, 3.8) is 0 Å². The lowest BCUT2D eigenvalue weighted by atomic mass is 10.2. The highest BCUT2D eigenvalue weighted by molar-refractivity contribution is 7.98. The lowest BCUT2D eigenvalue weighted by Gasteiger charge is -2.21. The van der Waals surface area contributed by atoms with Gasteiger partial charge in [0.25, 0.3) is 0 Å². The molecule has 4 nitrogen and oxygen atoms in total. The van der Waals surface area contributed by atoms with Crippen molar-refractivity contribution in [3.05, 3.63) is 47.0 Å². The van der Waals surface area contributed by atoms with E-state index in [-0.39, 0.29) is 0 Å². The highest BCUT2D eigenvalue weighted by atomic mass is 35.5. The Balaban J connectivity index is 1.83. The average Bonchev–Trinajstić information content (AvgIpc) is 2.49. The van der Waals surface area contributed by atoms with Crippen molar-refractivity contribution in [3.8, 4) is 5.75 Å². The van der Waals surface area contributed by atoms with Crippen molar-refractivity contribution >= 4 is 40.9 Å². The Morgan fingerprint density at radius 3 is 2.71 bits per heavy atom. The first-order valence-electron chi connectivity index (χ1n) is 6.39. The number of benzene rings is 2. The van der Waals surface area contributed by atoms with Crippen LogP contribution in [0.1, 0.15) is 5.56 Å². The second-order valence-electron chi connectivity index (χ2n) is 4.63. The van der Waals surface area contributed by atoms with Crippen LogP contribution in [0.3, 0.4) is 0 Å². The molecular weight excluding hydrogens is 306 g/mol. The Hall–Kier alpha value is -1.85. The van der Waals surface area contributed by atoms with Crippen LogP contribution in [0.25, 0.3) is 0 Å². The molecule has 2 aromatic carbocycles. The number of rotatable bonds is 2. The number of guanidine groups is 1. The van der Waals surface area contributed by atoms with Gasteiger partial charge in [-0.05, 0) is 25.1 Å². The predicted octanol–water partition coefficient (Wildman–Crippen LogP) is 4.56. The summed E-state index contributed by atoms with van der Waals surface area (Å²) in [5, 5.41) is 7.12. The molecule has 0 aromatic heterocycles. The molecule has 0 spiro atoms. The molecule has 2 aromatic rings. The molecule has 3 rings (SSSR count). The van der Waals surface area contributed by atoms with E-state index in [0.29, 0.717) is 16.7 Å². The summed E-state index contributed by atoms with van der Waals surface area (Å²) < 4.78 is 9.77. The maximum absolute atomic E-state index is 6.06. The normalized spacial score (nSPS) is 13.0. The third-order valence-electron chi connectivity index (χ3n) is 3.04. The zero-order valence-corrected chi connectivity index (χ0v) is 13.2. The summed E-state index contributed by atoms with van der Waals surface area (Å²) in [4.78, 5) is 0.939. The van der Waals surface area contributed by atoms with Gasteiger partial charge in [-0.25, -0.2) is 0 Å². The number of nitrogens with zero attached hydrogens (tertiary/aromatic N) is 1. The molecule has 108 valence electrons. The van der Waals surface area contributed by atoms with Crippen molar-refractivity contribution in [1.29, 1.82) is 0 Å². The third kappa shape index (κ3) is 3.09. The van der Waals surface area contributed by atoms with E-state index in [1.54, 1.807) is 13.2 Å². The molecule has 0 unspecified atom stereocenters. The third-order valence-corrected chi connectivity index (χ3v) is 4.05. The van der Waals surface area contributed by atoms with E-state index in [4.69, 9.17) is 16.3 Å². The highest BCUT2D eigenvalue weighted by Gasteiger charge is 2.18. The zero-order valence-electron chi connectivity index (χ0n) is 11.6. The van der Waals surface area contributed by atoms with Crippen molar-refractivity contribution in [2.24, 2.45) is 4.40 Å². The largest absolute Gasteiger partial charge is 0.494 e. The van der Waals surface area contributed by atoms with Gasteiger partial charge in [-0.1, -0.05) is 29.3 Å². The first kappa shape index (κ1) is 14.1. The minimum atomic E-state index is 0.630. The number of halogens is 1. The molecule has 0 radical (unpaired) electrons. The number of aryl methyl sites for hydroxylation is 1. The molecule has 0 fully saturated rings. The molecule has 0 amide bonds. The quantitative estimate of drug-likeness (QED) is 0.797. The Morgan fingerprint density at radius 1 is 1.24 bits per heavy atom. The van der Waals surface area contributed by atoms with Gasteiger partial charge in [-0.15, -0.1) is 0 Å². The zero-order chi connectivity index (χ0) is 14.8. The van der Waals surface area contributed by atoms with Crippen molar-refractivity contribution in [1.82, 2.24) is 0 Å². The van der Waals surface area contributed by atoms with Gasteiger partial charge >= 0.3 is 0 Å². The van der Waals surface area contributed by atoms with Crippen LogP contribution in [0.4, 0.5) is 11.4 Å². The van der Waals surface area contributed by atoms with Gasteiger partial charge in [0.15, 0.2) is 0 Å². The van der Waals surface area contributed by atoms with Gasteiger partial charge in [0, 0.05) is 28.7 Å². The molecule has 0 bridgehead atoms. The molecular formula is C15H14ClN3OS. The van der Waals surface area contributed by atoms with Gasteiger partial charge in [-0.3, -0.25) is 0 Å². The molecule has 0 aliphatic carbocycles. The molecule has 0 atom stereocenters. The number of nitrogens with one attached hydrogen (secondary N) is 2. The van der Waals surface area contributed by atoms with Gasteiger partial charge in [0.2, 0.25) is 5.96 Å². The number of methoxy groups -OCH3 is 1. The standard InChI is InChI=1S/C15H14ClN3OS/c1-9-3-5-11(6-4-9)17-15-18-14-12(20-2)7-10(16)8-13(14)21-19-15/h3-8H,1-2H3,(H2,17,18,19). The van der Waals surface area contributed by atoms with Crippen molar-refractivity contribution in [2.45, 2.75) is 11.8 Å². The fourth-order valence-corrected chi connectivity index (χ4v) is 2.95. The van der Waals surface area contributed by atoms with Gasteiger partial charge in [0.05, 0.1) is 17.7 Å². The topological polar surface area (TPSA) is 45.6 Å². The number of fused-ring (bicyclic) bond motifs is 1. The summed E-state index contributed by atoms with van der Waals surface area (Å²) in [6.45, 7) is 2.06. The summed E-state index contributed by atoms with van der Waals surface area (Å²) in [5.41, 5.74) is 3.07. The molecule has 1 aliphatic rings. The molecule has 1 heterocycles. The van der Waals surface area contributed by atoms with Crippen LogP contribution < -0.4 is 15.4 Å². The monoisotopic (exact) mass is 319 g/mol. The van der Waals surface area contributed by atoms with Crippen LogP contribution in [-0.2, 0) is 0 Å². The Bertz CT molecular complexity index is 701. The molecule has 21 heavy (non-hydrogen) atoms. The number of anilines is 2. The molecule has 2 N–H and O–H groups in total. The summed E-state index contributed by atoms with van der Waals surface area (Å²) in [6, 6.07) is 11.8. The number of ether oxygens (including phenoxy) is 1. The summed E-state index contributed by atoms with van der Waals surface area (Å²) >= 11 is 7.42. The first-order chi connectivity index (χ1) is 10.2. The smallest absolute Gasteiger partial charge is 0.212 e.